The number of hydrogen-bond donors (Lipinski definition) is 0. The van der Waals surface area contributed by atoms with Crippen LogP contribution < -0.4 is 0 Å². The van der Waals surface area contributed by atoms with Crippen LogP contribution in [-0.4, -0.2) is 32.1 Å². The lowest BCUT2D eigenvalue weighted by Gasteiger charge is -2.30. The molecule has 1 unspecified atom stereocenters. The minimum atomic E-state index is -0.862. The van der Waals surface area contributed by atoms with Crippen molar-refractivity contribution in [1.29, 1.82) is 0 Å². The molecule has 0 N–H and O–H groups in total. The van der Waals surface area contributed by atoms with Crippen LogP contribution in [0.1, 0.15) is 26.7 Å². The maximum atomic E-state index is 4.08. The fourth-order valence-corrected chi connectivity index (χ4v) is 3.05. The van der Waals surface area contributed by atoms with Gasteiger partial charge in [0, 0.05) is 14.1 Å². The second kappa shape index (κ2) is 6.62. The lowest BCUT2D eigenvalue weighted by molar-refractivity contribution is 0.211. The summed E-state index contributed by atoms with van der Waals surface area (Å²) in [6, 6.07) is 2.15. The van der Waals surface area contributed by atoms with E-state index in [0.29, 0.717) is 0 Å². The van der Waals surface area contributed by atoms with Gasteiger partial charge in [-0.15, -0.1) is 0 Å². The Morgan fingerprint density at radius 2 is 1.64 bits per heavy atom. The molecule has 0 bridgehead atoms. The minimum Gasteiger partial charge on any atom is -0.301 e. The predicted octanol–water partition coefficient (Wildman–Crippen LogP) is 3.65. The Hall–Kier alpha value is 0.177. The second-order valence-corrected chi connectivity index (χ2v) is 10.9. The first kappa shape index (κ1) is 14.2. The predicted molar refractivity (Wildman–Crippen MR) is 69.5 cm³/mol. The van der Waals surface area contributed by atoms with E-state index < -0.39 is 8.07 Å². The zero-order valence-corrected chi connectivity index (χ0v) is 11.8. The van der Waals surface area contributed by atoms with Crippen molar-refractivity contribution in [3.05, 3.63) is 6.92 Å². The quantitative estimate of drug-likeness (QED) is 0.585. The number of nitrogens with zero attached hydrogens (tertiary/aromatic N) is 1. The second-order valence-electron chi connectivity index (χ2n) is 5.26. The first-order valence-corrected chi connectivity index (χ1v) is 9.68. The van der Waals surface area contributed by atoms with Crippen molar-refractivity contribution in [2.24, 2.45) is 0 Å². The highest BCUT2D eigenvalue weighted by molar-refractivity contribution is 6.76. The van der Waals surface area contributed by atoms with Crippen LogP contribution in [0, 0.1) is 6.92 Å². The van der Waals surface area contributed by atoms with Gasteiger partial charge in [-0.05, 0) is 25.9 Å². The maximum absolute atomic E-state index is 4.08. The van der Waals surface area contributed by atoms with Gasteiger partial charge in [0.2, 0.25) is 0 Å². The summed E-state index contributed by atoms with van der Waals surface area (Å²) in [5.41, 5.74) is 0. The molecule has 1 radical (unpaired) electrons. The molecule has 0 aliphatic carbocycles. The van der Waals surface area contributed by atoms with E-state index in [1.54, 1.807) is 0 Å². The summed E-state index contributed by atoms with van der Waals surface area (Å²) in [6.07, 6.45) is 2.41. The third-order valence-electron chi connectivity index (χ3n) is 2.89. The standard InChI is InChI=1S/C12H28NSi/c1-7-12(13(8-2)9-3)10-11-14(4,5)6/h12H,1,7-11H2,2-6H3. The summed E-state index contributed by atoms with van der Waals surface area (Å²) in [5.74, 6) is 0. The molecule has 0 fully saturated rings. The van der Waals surface area contributed by atoms with Crippen molar-refractivity contribution in [3.63, 3.8) is 0 Å². The van der Waals surface area contributed by atoms with E-state index >= 15 is 0 Å². The summed E-state index contributed by atoms with van der Waals surface area (Å²) >= 11 is 0. The molecular formula is C12H28NSi. The van der Waals surface area contributed by atoms with E-state index in [9.17, 15) is 0 Å². The highest BCUT2D eigenvalue weighted by Crippen LogP contribution is 2.17. The molecular weight excluding hydrogens is 186 g/mol. The molecule has 0 aliphatic heterocycles. The Morgan fingerprint density at radius 3 is 1.93 bits per heavy atom. The average Bonchev–Trinajstić information content (AvgIpc) is 2.10. The van der Waals surface area contributed by atoms with Crippen molar-refractivity contribution < 1.29 is 0 Å². The van der Waals surface area contributed by atoms with Gasteiger partial charge in [-0.25, -0.2) is 0 Å². The largest absolute Gasteiger partial charge is 0.301 e. The molecule has 85 valence electrons. The highest BCUT2D eigenvalue weighted by Gasteiger charge is 2.18. The summed E-state index contributed by atoms with van der Waals surface area (Å²) in [7, 11) is -0.862. The summed E-state index contributed by atoms with van der Waals surface area (Å²) in [6.45, 7) is 18.3. The fourth-order valence-electron chi connectivity index (χ4n) is 1.85. The summed E-state index contributed by atoms with van der Waals surface area (Å²) in [4.78, 5) is 2.55. The highest BCUT2D eigenvalue weighted by atomic mass is 28.3. The Kier molecular flexibility index (Phi) is 6.71. The first-order valence-electron chi connectivity index (χ1n) is 5.97. The smallest absolute Gasteiger partial charge is 0.0443 e. The lowest BCUT2D eigenvalue weighted by Crippen LogP contribution is -2.36. The molecule has 0 spiro atoms. The van der Waals surface area contributed by atoms with Crippen molar-refractivity contribution >= 4 is 8.07 Å². The van der Waals surface area contributed by atoms with Crippen molar-refractivity contribution in [2.75, 3.05) is 13.1 Å². The molecule has 1 atom stereocenters. The molecule has 0 saturated heterocycles. The van der Waals surface area contributed by atoms with Gasteiger partial charge in [0.05, 0.1) is 0 Å². The van der Waals surface area contributed by atoms with Gasteiger partial charge < -0.3 is 4.90 Å². The summed E-state index contributed by atoms with van der Waals surface area (Å²) in [5, 5.41) is 0. The van der Waals surface area contributed by atoms with E-state index in [1.165, 1.54) is 25.6 Å². The van der Waals surface area contributed by atoms with Crippen LogP contribution in [0.4, 0.5) is 0 Å². The van der Waals surface area contributed by atoms with Crippen LogP contribution >= 0.6 is 0 Å². The fraction of sp³-hybridized carbons (Fsp3) is 0.917. The van der Waals surface area contributed by atoms with Gasteiger partial charge in [-0.2, -0.15) is 0 Å². The molecule has 0 saturated carbocycles. The normalized spacial score (nSPS) is 14.8. The Bertz CT molecular complexity index is 136. The topological polar surface area (TPSA) is 3.24 Å². The van der Waals surface area contributed by atoms with E-state index in [-0.39, 0.29) is 0 Å². The lowest BCUT2D eigenvalue weighted by atomic mass is 10.1. The summed E-state index contributed by atoms with van der Waals surface area (Å²) < 4.78 is 0. The number of hydrogen-bond acceptors (Lipinski definition) is 1. The first-order chi connectivity index (χ1) is 6.44. The molecule has 2 heteroatoms. The van der Waals surface area contributed by atoms with Crippen LogP contribution in [0.2, 0.25) is 25.7 Å². The van der Waals surface area contributed by atoms with Crippen LogP contribution in [0.25, 0.3) is 0 Å². The van der Waals surface area contributed by atoms with Crippen LogP contribution in [-0.2, 0) is 0 Å². The molecule has 14 heavy (non-hydrogen) atoms. The Balaban J connectivity index is 4.01. The zero-order valence-electron chi connectivity index (χ0n) is 10.8. The zero-order chi connectivity index (χ0) is 11.2. The van der Waals surface area contributed by atoms with Gasteiger partial charge in [-0.3, -0.25) is 0 Å². The van der Waals surface area contributed by atoms with E-state index in [1.807, 2.05) is 0 Å². The van der Waals surface area contributed by atoms with Crippen LogP contribution in [0.5, 0.6) is 0 Å². The SMILES string of the molecule is [CH2]CC(CC[Si](C)(C)C)N(CC)CC. The van der Waals surface area contributed by atoms with Crippen molar-refractivity contribution in [1.82, 2.24) is 4.90 Å². The Morgan fingerprint density at radius 1 is 1.14 bits per heavy atom. The third kappa shape index (κ3) is 5.81. The monoisotopic (exact) mass is 214 g/mol. The van der Waals surface area contributed by atoms with Crippen LogP contribution in [0.3, 0.4) is 0 Å². The van der Waals surface area contributed by atoms with Gasteiger partial charge in [0.25, 0.3) is 0 Å². The maximum Gasteiger partial charge on any atom is 0.0443 e. The molecule has 0 heterocycles. The molecule has 0 aliphatic rings. The van der Waals surface area contributed by atoms with Crippen molar-refractivity contribution in [3.8, 4) is 0 Å². The van der Waals surface area contributed by atoms with E-state index in [2.05, 4.69) is 45.3 Å². The van der Waals surface area contributed by atoms with Gasteiger partial charge in [0.15, 0.2) is 0 Å². The molecule has 0 amide bonds. The van der Waals surface area contributed by atoms with E-state index in [0.717, 1.165) is 12.5 Å². The molecule has 0 aromatic heterocycles. The Labute approximate surface area is 91.9 Å². The van der Waals surface area contributed by atoms with E-state index in [4.69, 9.17) is 0 Å². The number of rotatable bonds is 7. The van der Waals surface area contributed by atoms with Crippen LogP contribution in [0.15, 0.2) is 0 Å². The molecule has 0 rings (SSSR count). The third-order valence-corrected chi connectivity index (χ3v) is 4.68. The molecule has 1 nitrogen and oxygen atoms in total. The molecule has 0 aromatic rings. The van der Waals surface area contributed by atoms with Gasteiger partial charge in [-0.1, -0.05) is 46.5 Å². The van der Waals surface area contributed by atoms with Gasteiger partial charge >= 0.3 is 0 Å². The minimum absolute atomic E-state index is 0.719. The average molecular weight is 214 g/mol. The van der Waals surface area contributed by atoms with Crippen molar-refractivity contribution in [2.45, 2.75) is 58.4 Å². The molecule has 0 aromatic carbocycles. The van der Waals surface area contributed by atoms with Gasteiger partial charge in [0.1, 0.15) is 0 Å².